The van der Waals surface area contributed by atoms with E-state index in [4.69, 9.17) is 10.8 Å². The van der Waals surface area contributed by atoms with Crippen molar-refractivity contribution in [1.29, 1.82) is 0 Å². The fourth-order valence-electron chi connectivity index (χ4n) is 2.71. The van der Waals surface area contributed by atoms with Crippen molar-refractivity contribution in [3.8, 4) is 5.00 Å². The van der Waals surface area contributed by atoms with E-state index in [9.17, 15) is 9.59 Å². The summed E-state index contributed by atoms with van der Waals surface area (Å²) < 4.78 is 1.54. The zero-order valence-electron chi connectivity index (χ0n) is 11.9. The minimum absolute atomic E-state index is 0.00229. The van der Waals surface area contributed by atoms with Crippen LogP contribution in [0.5, 0.6) is 0 Å². The zero-order chi connectivity index (χ0) is 15.7. The number of carbonyl (C=O) groups excluding carboxylic acids is 1. The summed E-state index contributed by atoms with van der Waals surface area (Å²) in [5, 5.41) is 17.4. The van der Waals surface area contributed by atoms with Gasteiger partial charge in [-0.2, -0.15) is 0 Å². The first-order chi connectivity index (χ1) is 10.6. The normalized spacial score (nSPS) is 13.8. The van der Waals surface area contributed by atoms with Gasteiger partial charge in [-0.05, 0) is 31.2 Å². The molecule has 2 aromatic heterocycles. The second kappa shape index (κ2) is 5.88. The number of aliphatic carboxylic acids is 1. The number of amides is 1. The third-order valence-corrected chi connectivity index (χ3v) is 5.02. The Morgan fingerprint density at radius 1 is 1.36 bits per heavy atom. The highest BCUT2D eigenvalue weighted by atomic mass is 32.1. The van der Waals surface area contributed by atoms with Crippen molar-refractivity contribution >= 4 is 23.2 Å². The van der Waals surface area contributed by atoms with Crippen LogP contribution in [0.3, 0.4) is 0 Å². The van der Waals surface area contributed by atoms with Crippen molar-refractivity contribution in [2.24, 2.45) is 5.73 Å². The van der Waals surface area contributed by atoms with Crippen LogP contribution in [0.2, 0.25) is 0 Å². The lowest BCUT2D eigenvalue weighted by Gasteiger charge is -2.10. The fraction of sp³-hybridized carbons (Fsp3) is 0.429. The molecule has 1 aliphatic carbocycles. The maximum absolute atomic E-state index is 11.8. The van der Waals surface area contributed by atoms with E-state index in [0.717, 1.165) is 31.2 Å². The Kier molecular flexibility index (Phi) is 3.93. The largest absolute Gasteiger partial charge is 0.481 e. The third-order valence-electron chi connectivity index (χ3n) is 3.74. The molecule has 2 heterocycles. The summed E-state index contributed by atoms with van der Waals surface area (Å²) in [5.41, 5.74) is 7.72. The van der Waals surface area contributed by atoms with Crippen LogP contribution in [0.25, 0.3) is 5.00 Å². The van der Waals surface area contributed by atoms with Gasteiger partial charge in [0.25, 0.3) is 5.91 Å². The quantitative estimate of drug-likeness (QED) is 0.863. The van der Waals surface area contributed by atoms with Crippen molar-refractivity contribution in [1.82, 2.24) is 15.0 Å². The molecule has 1 amide bonds. The van der Waals surface area contributed by atoms with Crippen LogP contribution in [0.4, 0.5) is 0 Å². The molecule has 0 unspecified atom stereocenters. The van der Waals surface area contributed by atoms with Gasteiger partial charge in [0, 0.05) is 11.3 Å². The number of fused-ring (bicyclic) bond motifs is 1. The SMILES string of the molecule is NC(=O)c1c(-n2cc(CCC(=O)O)nn2)sc2c1CCCC2. The lowest BCUT2D eigenvalue weighted by molar-refractivity contribution is -0.136. The Labute approximate surface area is 130 Å². The summed E-state index contributed by atoms with van der Waals surface area (Å²) >= 11 is 1.52. The number of aromatic nitrogens is 3. The van der Waals surface area contributed by atoms with E-state index < -0.39 is 11.9 Å². The second-order valence-corrected chi connectivity index (χ2v) is 6.39. The zero-order valence-corrected chi connectivity index (χ0v) is 12.7. The molecule has 0 aromatic carbocycles. The molecule has 7 nitrogen and oxygen atoms in total. The molecule has 0 saturated carbocycles. The van der Waals surface area contributed by atoms with Crippen LogP contribution in [0.1, 0.15) is 45.8 Å². The van der Waals surface area contributed by atoms with E-state index in [1.54, 1.807) is 10.9 Å². The topological polar surface area (TPSA) is 111 Å². The minimum Gasteiger partial charge on any atom is -0.481 e. The summed E-state index contributed by atoms with van der Waals surface area (Å²) in [6.07, 6.45) is 5.99. The summed E-state index contributed by atoms with van der Waals surface area (Å²) in [6, 6.07) is 0. The van der Waals surface area contributed by atoms with E-state index in [0.29, 0.717) is 22.7 Å². The van der Waals surface area contributed by atoms with E-state index in [1.807, 2.05) is 0 Å². The van der Waals surface area contributed by atoms with E-state index >= 15 is 0 Å². The van der Waals surface area contributed by atoms with Gasteiger partial charge in [-0.25, -0.2) is 4.68 Å². The number of thiophene rings is 1. The molecule has 116 valence electrons. The Bertz CT molecular complexity index is 735. The first-order valence-electron chi connectivity index (χ1n) is 7.14. The van der Waals surface area contributed by atoms with Gasteiger partial charge >= 0.3 is 5.97 Å². The molecule has 8 heteroatoms. The first-order valence-corrected chi connectivity index (χ1v) is 7.95. The number of rotatable bonds is 5. The number of carboxylic acid groups (broad SMARTS) is 1. The molecule has 0 aliphatic heterocycles. The van der Waals surface area contributed by atoms with E-state index in [1.165, 1.54) is 16.2 Å². The van der Waals surface area contributed by atoms with Crippen LogP contribution in [-0.4, -0.2) is 32.0 Å². The van der Waals surface area contributed by atoms with Gasteiger partial charge in [0.05, 0.1) is 23.9 Å². The molecule has 1 aliphatic rings. The fourth-order valence-corrected chi connectivity index (χ4v) is 4.03. The van der Waals surface area contributed by atoms with Crippen LogP contribution < -0.4 is 5.73 Å². The number of carboxylic acids is 1. The Morgan fingerprint density at radius 3 is 2.86 bits per heavy atom. The molecule has 0 fully saturated rings. The molecular formula is C14H16N4O3S. The van der Waals surface area contributed by atoms with Crippen LogP contribution in [-0.2, 0) is 24.1 Å². The van der Waals surface area contributed by atoms with Gasteiger partial charge in [-0.1, -0.05) is 5.21 Å². The highest BCUT2D eigenvalue weighted by Gasteiger charge is 2.25. The van der Waals surface area contributed by atoms with Crippen molar-refractivity contribution in [3.05, 3.63) is 27.9 Å². The molecule has 3 rings (SSSR count). The highest BCUT2D eigenvalue weighted by molar-refractivity contribution is 7.15. The predicted molar refractivity (Wildman–Crippen MR) is 80.4 cm³/mol. The number of hydrogen-bond donors (Lipinski definition) is 2. The van der Waals surface area contributed by atoms with Crippen molar-refractivity contribution in [2.75, 3.05) is 0 Å². The molecule has 22 heavy (non-hydrogen) atoms. The van der Waals surface area contributed by atoms with Gasteiger partial charge < -0.3 is 10.8 Å². The molecule has 0 saturated heterocycles. The van der Waals surface area contributed by atoms with Gasteiger partial charge in [0.2, 0.25) is 0 Å². The van der Waals surface area contributed by atoms with Gasteiger partial charge in [-0.15, -0.1) is 16.4 Å². The van der Waals surface area contributed by atoms with Crippen LogP contribution >= 0.6 is 11.3 Å². The number of nitrogens with zero attached hydrogens (tertiary/aromatic N) is 3. The number of nitrogens with two attached hydrogens (primary N) is 1. The Morgan fingerprint density at radius 2 is 2.14 bits per heavy atom. The summed E-state index contributed by atoms with van der Waals surface area (Å²) in [4.78, 5) is 23.6. The highest BCUT2D eigenvalue weighted by Crippen LogP contribution is 2.36. The molecule has 0 radical (unpaired) electrons. The van der Waals surface area contributed by atoms with E-state index in [-0.39, 0.29) is 6.42 Å². The Balaban J connectivity index is 1.96. The lowest BCUT2D eigenvalue weighted by atomic mass is 9.95. The van der Waals surface area contributed by atoms with Crippen molar-refractivity contribution < 1.29 is 14.7 Å². The maximum Gasteiger partial charge on any atom is 0.303 e. The van der Waals surface area contributed by atoms with Gasteiger partial charge in [-0.3, -0.25) is 9.59 Å². The summed E-state index contributed by atoms with van der Waals surface area (Å²) in [5.74, 6) is -1.32. The Hall–Kier alpha value is -2.22. The number of hydrogen-bond acceptors (Lipinski definition) is 5. The van der Waals surface area contributed by atoms with Crippen molar-refractivity contribution in [3.63, 3.8) is 0 Å². The third kappa shape index (κ3) is 2.74. The summed E-state index contributed by atoms with van der Waals surface area (Å²) in [7, 11) is 0. The predicted octanol–water partition coefficient (Wildman–Crippen LogP) is 1.32. The van der Waals surface area contributed by atoms with Crippen LogP contribution in [0, 0.1) is 0 Å². The van der Waals surface area contributed by atoms with Crippen LogP contribution in [0.15, 0.2) is 6.20 Å². The number of primary amides is 1. The second-order valence-electron chi connectivity index (χ2n) is 5.30. The molecule has 2 aromatic rings. The van der Waals surface area contributed by atoms with Gasteiger partial charge in [0.15, 0.2) is 0 Å². The monoisotopic (exact) mass is 320 g/mol. The van der Waals surface area contributed by atoms with E-state index in [2.05, 4.69) is 10.3 Å². The molecule has 3 N–H and O–H groups in total. The maximum atomic E-state index is 11.8. The molecule has 0 bridgehead atoms. The number of carbonyl (C=O) groups is 2. The molecular weight excluding hydrogens is 304 g/mol. The standard InChI is InChI=1S/C14H16N4O3S/c15-13(21)12-9-3-1-2-4-10(9)22-14(12)18-7-8(16-17-18)5-6-11(19)20/h7H,1-6H2,(H2,15,21)(H,19,20). The lowest BCUT2D eigenvalue weighted by Crippen LogP contribution is -2.16. The first kappa shape index (κ1) is 14.7. The smallest absolute Gasteiger partial charge is 0.303 e. The molecule has 0 spiro atoms. The average Bonchev–Trinajstić information content (AvgIpc) is 3.09. The minimum atomic E-state index is -0.876. The molecule has 0 atom stereocenters. The van der Waals surface area contributed by atoms with Gasteiger partial charge in [0.1, 0.15) is 5.00 Å². The summed E-state index contributed by atoms with van der Waals surface area (Å²) in [6.45, 7) is 0. The average molecular weight is 320 g/mol. The number of aryl methyl sites for hydroxylation is 2. The van der Waals surface area contributed by atoms with Crippen molar-refractivity contribution in [2.45, 2.75) is 38.5 Å².